The average Bonchev–Trinajstić information content (AvgIpc) is 2.43. The molecule has 5 heteroatoms. The van der Waals surface area contributed by atoms with E-state index < -0.39 is 0 Å². The summed E-state index contributed by atoms with van der Waals surface area (Å²) in [4.78, 5) is 0. The van der Waals surface area contributed by atoms with Crippen LogP contribution in [-0.4, -0.2) is 12.2 Å². The highest BCUT2D eigenvalue weighted by molar-refractivity contribution is 9.11. The minimum absolute atomic E-state index is 0.217. The molecule has 0 aliphatic heterocycles. The van der Waals surface area contributed by atoms with Gasteiger partial charge in [0.15, 0.2) is 0 Å². The van der Waals surface area contributed by atoms with E-state index in [2.05, 4.69) is 37.2 Å². The van der Waals surface area contributed by atoms with Crippen molar-refractivity contribution in [2.75, 3.05) is 12.4 Å². The van der Waals surface area contributed by atoms with Gasteiger partial charge in [0.1, 0.15) is 11.5 Å². The summed E-state index contributed by atoms with van der Waals surface area (Å²) in [6, 6.07) is 9.71. The predicted molar refractivity (Wildman–Crippen MR) is 88.6 cm³/mol. The number of aromatic hydroxyl groups is 1. The molecule has 0 aliphatic carbocycles. The summed E-state index contributed by atoms with van der Waals surface area (Å²) in [5.41, 5.74) is 3.25. The number of benzene rings is 2. The second-order valence-corrected chi connectivity index (χ2v) is 6.15. The maximum Gasteiger partial charge on any atom is 0.143 e. The quantitative estimate of drug-likeness (QED) is 0.770. The van der Waals surface area contributed by atoms with Crippen LogP contribution in [0.3, 0.4) is 0 Å². The molecule has 2 rings (SSSR count). The minimum atomic E-state index is 0.217. The Kier molecular flexibility index (Phi) is 4.94. The van der Waals surface area contributed by atoms with Crippen LogP contribution in [0.1, 0.15) is 11.1 Å². The molecule has 0 spiro atoms. The third-order valence-corrected chi connectivity index (χ3v) is 4.20. The molecule has 0 atom stereocenters. The van der Waals surface area contributed by atoms with Gasteiger partial charge in [-0.05, 0) is 80.2 Å². The van der Waals surface area contributed by atoms with Gasteiger partial charge >= 0.3 is 0 Å². The first kappa shape index (κ1) is 15.2. The van der Waals surface area contributed by atoms with Gasteiger partial charge in [0, 0.05) is 12.2 Å². The van der Waals surface area contributed by atoms with Crippen LogP contribution in [0.15, 0.2) is 39.3 Å². The molecule has 0 radical (unpaired) electrons. The zero-order valence-electron chi connectivity index (χ0n) is 11.2. The van der Waals surface area contributed by atoms with E-state index in [-0.39, 0.29) is 5.75 Å². The Labute approximate surface area is 135 Å². The molecule has 0 unspecified atom stereocenters. The molecule has 2 aromatic carbocycles. The first-order chi connectivity index (χ1) is 9.51. The molecule has 0 aromatic heterocycles. The molecule has 0 fully saturated rings. The highest BCUT2D eigenvalue weighted by Crippen LogP contribution is 2.33. The zero-order chi connectivity index (χ0) is 14.7. The fourth-order valence-corrected chi connectivity index (χ4v) is 3.16. The molecule has 20 heavy (non-hydrogen) atoms. The van der Waals surface area contributed by atoms with E-state index in [1.807, 2.05) is 37.3 Å². The Hall–Kier alpha value is -1.20. The molecule has 2 aromatic rings. The summed E-state index contributed by atoms with van der Waals surface area (Å²) in [6.45, 7) is 2.71. The van der Waals surface area contributed by atoms with Crippen LogP contribution in [0, 0.1) is 6.92 Å². The van der Waals surface area contributed by atoms with Gasteiger partial charge in [0.2, 0.25) is 0 Å². The number of phenolic OH excluding ortho intramolecular Hbond substituents is 1. The summed E-state index contributed by atoms with van der Waals surface area (Å²) < 4.78 is 6.54. The van der Waals surface area contributed by atoms with Crippen molar-refractivity contribution in [3.05, 3.63) is 50.4 Å². The van der Waals surface area contributed by atoms with E-state index >= 15 is 0 Å². The van der Waals surface area contributed by atoms with Crippen molar-refractivity contribution >= 4 is 37.5 Å². The zero-order valence-corrected chi connectivity index (χ0v) is 14.4. The van der Waals surface area contributed by atoms with E-state index in [1.165, 1.54) is 0 Å². The topological polar surface area (TPSA) is 41.5 Å². The van der Waals surface area contributed by atoms with E-state index in [9.17, 15) is 5.11 Å². The fraction of sp³-hybridized carbons (Fsp3) is 0.200. The summed E-state index contributed by atoms with van der Waals surface area (Å²) >= 11 is 6.66. The number of halogens is 2. The maximum absolute atomic E-state index is 9.69. The van der Waals surface area contributed by atoms with Crippen molar-refractivity contribution in [3.63, 3.8) is 0 Å². The Balaban J connectivity index is 2.13. The van der Waals surface area contributed by atoms with Gasteiger partial charge in [-0.25, -0.2) is 0 Å². The summed E-state index contributed by atoms with van der Waals surface area (Å²) in [7, 11) is 1.66. The van der Waals surface area contributed by atoms with Crippen LogP contribution in [-0.2, 0) is 6.54 Å². The molecule has 106 valence electrons. The molecule has 0 bridgehead atoms. The van der Waals surface area contributed by atoms with Crippen molar-refractivity contribution in [1.29, 1.82) is 0 Å². The number of aryl methyl sites for hydroxylation is 1. The Morgan fingerprint density at radius 3 is 2.35 bits per heavy atom. The van der Waals surface area contributed by atoms with Crippen molar-refractivity contribution < 1.29 is 9.84 Å². The Morgan fingerprint density at radius 2 is 1.80 bits per heavy atom. The monoisotopic (exact) mass is 399 g/mol. The second kappa shape index (κ2) is 6.50. The standard InChI is InChI=1S/C15H15Br2NO2/c1-9-5-11(20-2)3-4-14(9)18-8-10-6-12(16)15(19)13(17)7-10/h3-7,18-19H,8H2,1-2H3. The van der Waals surface area contributed by atoms with E-state index in [0.717, 1.165) is 22.6 Å². The normalized spacial score (nSPS) is 10.4. The van der Waals surface area contributed by atoms with Gasteiger partial charge < -0.3 is 15.2 Å². The van der Waals surface area contributed by atoms with Gasteiger partial charge in [0.25, 0.3) is 0 Å². The van der Waals surface area contributed by atoms with Crippen molar-refractivity contribution in [3.8, 4) is 11.5 Å². The van der Waals surface area contributed by atoms with E-state index in [1.54, 1.807) is 7.11 Å². The molecule has 2 N–H and O–H groups in total. The number of rotatable bonds is 4. The lowest BCUT2D eigenvalue weighted by Gasteiger charge is -2.12. The van der Waals surface area contributed by atoms with Crippen LogP contribution in [0.25, 0.3) is 0 Å². The number of anilines is 1. The molecule has 3 nitrogen and oxygen atoms in total. The number of methoxy groups -OCH3 is 1. The number of phenols is 1. The van der Waals surface area contributed by atoms with Crippen LogP contribution < -0.4 is 10.1 Å². The lowest BCUT2D eigenvalue weighted by Crippen LogP contribution is -2.01. The van der Waals surface area contributed by atoms with Crippen LogP contribution >= 0.6 is 31.9 Å². The molecule has 0 heterocycles. The van der Waals surface area contributed by atoms with Crippen molar-refractivity contribution in [2.24, 2.45) is 0 Å². The average molecular weight is 401 g/mol. The lowest BCUT2D eigenvalue weighted by atomic mass is 10.1. The smallest absolute Gasteiger partial charge is 0.143 e. The highest BCUT2D eigenvalue weighted by Gasteiger charge is 2.06. The number of ether oxygens (including phenoxy) is 1. The second-order valence-electron chi connectivity index (χ2n) is 4.44. The Morgan fingerprint density at radius 1 is 1.15 bits per heavy atom. The third-order valence-electron chi connectivity index (χ3n) is 2.99. The minimum Gasteiger partial charge on any atom is -0.506 e. The number of hydrogen-bond donors (Lipinski definition) is 2. The predicted octanol–water partition coefficient (Wildman–Crippen LogP) is 4.85. The SMILES string of the molecule is COc1ccc(NCc2cc(Br)c(O)c(Br)c2)c(C)c1. The highest BCUT2D eigenvalue weighted by atomic mass is 79.9. The first-order valence-corrected chi connectivity index (χ1v) is 7.65. The van der Waals surface area contributed by atoms with Gasteiger partial charge in [-0.15, -0.1) is 0 Å². The lowest BCUT2D eigenvalue weighted by molar-refractivity contribution is 0.414. The molecule has 0 saturated heterocycles. The summed E-state index contributed by atoms with van der Waals surface area (Å²) in [6.07, 6.45) is 0. The van der Waals surface area contributed by atoms with Gasteiger partial charge in [-0.2, -0.15) is 0 Å². The van der Waals surface area contributed by atoms with E-state index in [0.29, 0.717) is 15.5 Å². The molecule has 0 aliphatic rings. The third kappa shape index (κ3) is 3.46. The van der Waals surface area contributed by atoms with Crippen molar-refractivity contribution in [1.82, 2.24) is 0 Å². The summed E-state index contributed by atoms with van der Waals surface area (Å²) in [5.74, 6) is 1.07. The number of hydrogen-bond acceptors (Lipinski definition) is 3. The first-order valence-electron chi connectivity index (χ1n) is 6.06. The maximum atomic E-state index is 9.69. The van der Waals surface area contributed by atoms with Crippen LogP contribution in [0.4, 0.5) is 5.69 Å². The van der Waals surface area contributed by atoms with Gasteiger partial charge in [-0.3, -0.25) is 0 Å². The fourth-order valence-electron chi connectivity index (χ4n) is 1.88. The largest absolute Gasteiger partial charge is 0.506 e. The molecular formula is C15H15Br2NO2. The van der Waals surface area contributed by atoms with E-state index in [4.69, 9.17) is 4.74 Å². The molecule has 0 saturated carbocycles. The molecule has 0 amide bonds. The van der Waals surface area contributed by atoms with Gasteiger partial charge in [-0.1, -0.05) is 0 Å². The van der Waals surface area contributed by atoms with Crippen LogP contribution in [0.2, 0.25) is 0 Å². The van der Waals surface area contributed by atoms with Crippen molar-refractivity contribution in [2.45, 2.75) is 13.5 Å². The molecular weight excluding hydrogens is 386 g/mol. The van der Waals surface area contributed by atoms with Gasteiger partial charge in [0.05, 0.1) is 16.1 Å². The summed E-state index contributed by atoms with van der Waals surface area (Å²) in [5, 5.41) is 13.1. The Bertz CT molecular complexity index is 606. The van der Waals surface area contributed by atoms with Crippen LogP contribution in [0.5, 0.6) is 11.5 Å². The number of nitrogens with one attached hydrogen (secondary N) is 1.